The number of hydrogen-bond acceptors (Lipinski definition) is 5. The molecule has 0 bridgehead atoms. The van der Waals surface area contributed by atoms with Gasteiger partial charge in [-0.15, -0.1) is 0 Å². The van der Waals surface area contributed by atoms with Gasteiger partial charge in [0.25, 0.3) is 11.5 Å². The van der Waals surface area contributed by atoms with Gasteiger partial charge in [-0.1, -0.05) is 34.8 Å². The van der Waals surface area contributed by atoms with Gasteiger partial charge in [0.05, 0.1) is 6.42 Å². The molecule has 0 spiro atoms. The van der Waals surface area contributed by atoms with Crippen molar-refractivity contribution in [1.29, 1.82) is 0 Å². The number of pyridine rings is 1. The minimum Gasteiger partial charge on any atom is -0.486 e. The van der Waals surface area contributed by atoms with Crippen LogP contribution < -0.4 is 20.3 Å². The molecule has 0 unspecified atom stereocenters. The maximum absolute atomic E-state index is 13.4. The summed E-state index contributed by atoms with van der Waals surface area (Å²) in [7, 11) is 1.58. The van der Waals surface area contributed by atoms with Crippen LogP contribution in [0.25, 0.3) is 0 Å². The van der Waals surface area contributed by atoms with Crippen LogP contribution in [-0.2, 0) is 18.3 Å². The molecule has 0 radical (unpaired) electrons. The standard InChI is InChI=1S/C26H32BrN3O5/c1-29-21(8-4-9-24(29)31)26(33)28-10-5-11-30(17-18-6-2-3-7-18)25(32)15-19-14-22-23(16-20(19)27)35-13-12-34-22/h4,8-9,14,16,18H,2-3,5-7,10-13,15,17H2,1H3,(H,28,33). The Bertz CT molecular complexity index is 1130. The van der Waals surface area contributed by atoms with E-state index >= 15 is 0 Å². The zero-order valence-electron chi connectivity index (χ0n) is 20.1. The van der Waals surface area contributed by atoms with E-state index in [0.29, 0.717) is 55.8 Å². The lowest BCUT2D eigenvalue weighted by atomic mass is 10.1. The van der Waals surface area contributed by atoms with Gasteiger partial charge in [-0.2, -0.15) is 0 Å². The van der Waals surface area contributed by atoms with Gasteiger partial charge in [-0.25, -0.2) is 0 Å². The average Bonchev–Trinajstić information content (AvgIpc) is 3.36. The van der Waals surface area contributed by atoms with Crippen LogP contribution >= 0.6 is 15.9 Å². The van der Waals surface area contributed by atoms with Crippen LogP contribution in [0.5, 0.6) is 11.5 Å². The molecule has 2 aromatic rings. The molecule has 1 N–H and O–H groups in total. The van der Waals surface area contributed by atoms with E-state index in [0.717, 1.165) is 29.4 Å². The lowest BCUT2D eigenvalue weighted by Crippen LogP contribution is -2.38. The van der Waals surface area contributed by atoms with Crippen molar-refractivity contribution in [3.63, 3.8) is 0 Å². The normalized spacial score (nSPS) is 15.1. The van der Waals surface area contributed by atoms with Gasteiger partial charge in [0.2, 0.25) is 5.91 Å². The summed E-state index contributed by atoms with van der Waals surface area (Å²) in [5.74, 6) is 1.65. The monoisotopic (exact) mass is 545 g/mol. The highest BCUT2D eigenvalue weighted by molar-refractivity contribution is 9.10. The summed E-state index contributed by atoms with van der Waals surface area (Å²) in [6, 6.07) is 8.37. The SMILES string of the molecule is Cn1c(C(=O)NCCCN(CC2CCCC2)C(=O)Cc2cc3c(cc2Br)OCCO3)cccc1=O. The Morgan fingerprint density at radius 1 is 1.14 bits per heavy atom. The highest BCUT2D eigenvalue weighted by Crippen LogP contribution is 2.36. The summed E-state index contributed by atoms with van der Waals surface area (Å²) < 4.78 is 13.5. The molecule has 35 heavy (non-hydrogen) atoms. The summed E-state index contributed by atoms with van der Waals surface area (Å²) in [5.41, 5.74) is 0.963. The zero-order valence-corrected chi connectivity index (χ0v) is 21.6. The molecule has 0 atom stereocenters. The quantitative estimate of drug-likeness (QED) is 0.488. The zero-order chi connectivity index (χ0) is 24.8. The van der Waals surface area contributed by atoms with Crippen molar-refractivity contribution in [2.24, 2.45) is 13.0 Å². The Morgan fingerprint density at radius 2 is 1.86 bits per heavy atom. The predicted molar refractivity (Wildman–Crippen MR) is 136 cm³/mol. The number of fused-ring (bicyclic) bond motifs is 1. The summed E-state index contributed by atoms with van der Waals surface area (Å²) >= 11 is 3.58. The number of aromatic nitrogens is 1. The second kappa shape index (κ2) is 11.7. The molecule has 2 heterocycles. The van der Waals surface area contributed by atoms with Crippen LogP contribution in [0.15, 0.2) is 39.6 Å². The number of ether oxygens (including phenoxy) is 2. The first-order chi connectivity index (χ1) is 16.9. The van der Waals surface area contributed by atoms with E-state index in [9.17, 15) is 14.4 Å². The van der Waals surface area contributed by atoms with E-state index in [1.165, 1.54) is 23.5 Å². The third-order valence-corrected chi connectivity index (χ3v) is 7.40. The second-order valence-corrected chi connectivity index (χ2v) is 10.0. The molecule has 2 amide bonds. The van der Waals surface area contributed by atoms with Gasteiger partial charge >= 0.3 is 0 Å². The first-order valence-corrected chi connectivity index (χ1v) is 13.0. The molecular formula is C26H32BrN3O5. The molecule has 1 aromatic carbocycles. The number of nitrogens with zero attached hydrogens (tertiary/aromatic N) is 2. The highest BCUT2D eigenvalue weighted by Gasteiger charge is 2.24. The number of halogens is 1. The van der Waals surface area contributed by atoms with Crippen molar-refractivity contribution in [3.8, 4) is 11.5 Å². The molecule has 1 aliphatic heterocycles. The van der Waals surface area contributed by atoms with Crippen LogP contribution in [-0.4, -0.2) is 54.1 Å². The average molecular weight is 546 g/mol. The Kier molecular flexibility index (Phi) is 8.49. The van der Waals surface area contributed by atoms with Gasteiger partial charge in [-0.3, -0.25) is 14.4 Å². The van der Waals surface area contributed by atoms with E-state index < -0.39 is 0 Å². The fourth-order valence-corrected chi connectivity index (χ4v) is 5.16. The molecule has 8 nitrogen and oxygen atoms in total. The Labute approximate surface area is 213 Å². The van der Waals surface area contributed by atoms with E-state index in [2.05, 4.69) is 21.2 Å². The van der Waals surface area contributed by atoms with Gasteiger partial charge in [-0.05, 0) is 48.9 Å². The van der Waals surface area contributed by atoms with Crippen LogP contribution in [0.3, 0.4) is 0 Å². The summed E-state index contributed by atoms with van der Waals surface area (Å²) in [6.45, 7) is 2.74. The molecule has 4 rings (SSSR count). The number of benzene rings is 1. The molecule has 9 heteroatoms. The van der Waals surface area contributed by atoms with Crippen molar-refractivity contribution < 1.29 is 19.1 Å². The molecular weight excluding hydrogens is 514 g/mol. The first kappa shape index (κ1) is 25.3. The third kappa shape index (κ3) is 6.45. The van der Waals surface area contributed by atoms with E-state index in [-0.39, 0.29) is 23.8 Å². The summed E-state index contributed by atoms with van der Waals surface area (Å²) in [6.07, 6.45) is 5.63. The topological polar surface area (TPSA) is 89.9 Å². The van der Waals surface area contributed by atoms with Gasteiger partial charge in [0.1, 0.15) is 18.9 Å². The number of hydrogen-bond donors (Lipinski definition) is 1. The Hall–Kier alpha value is -2.81. The van der Waals surface area contributed by atoms with Gasteiger partial charge < -0.3 is 24.3 Å². The van der Waals surface area contributed by atoms with Crippen molar-refractivity contribution in [2.45, 2.75) is 38.5 Å². The smallest absolute Gasteiger partial charge is 0.268 e. The summed E-state index contributed by atoms with van der Waals surface area (Å²) in [4.78, 5) is 39.6. The second-order valence-electron chi connectivity index (χ2n) is 9.17. The molecule has 188 valence electrons. The van der Waals surface area contributed by atoms with Crippen molar-refractivity contribution in [3.05, 3.63) is 56.4 Å². The van der Waals surface area contributed by atoms with Gasteiger partial charge in [0, 0.05) is 37.2 Å². The molecule has 1 aromatic heterocycles. The fraction of sp³-hybridized carbons (Fsp3) is 0.500. The molecule has 2 aliphatic rings. The number of rotatable bonds is 9. The Balaban J connectivity index is 1.36. The molecule has 1 fully saturated rings. The molecule has 1 saturated carbocycles. The van der Waals surface area contributed by atoms with Crippen LogP contribution in [0.1, 0.15) is 48.2 Å². The lowest BCUT2D eigenvalue weighted by Gasteiger charge is -2.27. The van der Waals surface area contributed by atoms with Crippen LogP contribution in [0.2, 0.25) is 0 Å². The van der Waals surface area contributed by atoms with E-state index in [4.69, 9.17) is 9.47 Å². The number of carbonyl (C=O) groups excluding carboxylic acids is 2. The largest absolute Gasteiger partial charge is 0.486 e. The number of carbonyl (C=O) groups is 2. The van der Waals surface area contributed by atoms with E-state index in [1.54, 1.807) is 19.2 Å². The predicted octanol–water partition coefficient (Wildman–Crippen LogP) is 3.30. The van der Waals surface area contributed by atoms with Crippen molar-refractivity contribution >= 4 is 27.7 Å². The minimum atomic E-state index is -0.293. The van der Waals surface area contributed by atoms with Crippen molar-refractivity contribution in [2.75, 3.05) is 32.8 Å². The summed E-state index contributed by atoms with van der Waals surface area (Å²) in [5, 5.41) is 2.87. The van der Waals surface area contributed by atoms with Crippen LogP contribution in [0, 0.1) is 5.92 Å². The third-order valence-electron chi connectivity index (χ3n) is 6.67. The maximum Gasteiger partial charge on any atom is 0.268 e. The van der Waals surface area contributed by atoms with Crippen LogP contribution in [0.4, 0.5) is 0 Å². The fourth-order valence-electron chi connectivity index (χ4n) is 4.69. The van der Waals surface area contributed by atoms with Crippen molar-refractivity contribution in [1.82, 2.24) is 14.8 Å². The maximum atomic E-state index is 13.4. The number of amides is 2. The minimum absolute atomic E-state index is 0.0612. The number of nitrogens with one attached hydrogen (secondary N) is 1. The van der Waals surface area contributed by atoms with Gasteiger partial charge in [0.15, 0.2) is 11.5 Å². The molecule has 1 aliphatic carbocycles. The molecule has 0 saturated heterocycles. The Morgan fingerprint density at radius 3 is 2.60 bits per heavy atom. The lowest BCUT2D eigenvalue weighted by molar-refractivity contribution is -0.131. The van der Waals surface area contributed by atoms with E-state index in [1.807, 2.05) is 17.0 Å². The first-order valence-electron chi connectivity index (χ1n) is 12.2. The highest BCUT2D eigenvalue weighted by atomic mass is 79.9.